The largest absolute Gasteiger partial charge is 0.321 e. The lowest BCUT2D eigenvalue weighted by molar-refractivity contribution is -0.112. The zero-order valence-corrected chi connectivity index (χ0v) is 17.8. The smallest absolute Gasteiger partial charge is 0.266 e. The fourth-order valence-electron chi connectivity index (χ4n) is 3.14. The number of anilines is 1. The van der Waals surface area contributed by atoms with E-state index in [4.69, 9.17) is 23.2 Å². The molecule has 29 heavy (non-hydrogen) atoms. The molecule has 0 aliphatic heterocycles. The second-order valence-electron chi connectivity index (χ2n) is 6.72. The third-order valence-electron chi connectivity index (χ3n) is 4.67. The first kappa shape index (κ1) is 20.7. The fourth-order valence-corrected chi connectivity index (χ4v) is 3.44. The third-order valence-corrected chi connectivity index (χ3v) is 5.15. The first-order chi connectivity index (χ1) is 13.8. The van der Waals surface area contributed by atoms with Crippen molar-refractivity contribution in [1.29, 1.82) is 5.26 Å². The van der Waals surface area contributed by atoms with Crippen LogP contribution in [0.2, 0.25) is 10.0 Å². The molecule has 0 radical (unpaired) electrons. The quantitative estimate of drug-likeness (QED) is 0.397. The molecule has 3 rings (SSSR count). The van der Waals surface area contributed by atoms with Gasteiger partial charge >= 0.3 is 0 Å². The van der Waals surface area contributed by atoms with Crippen LogP contribution in [0.15, 0.2) is 54.1 Å². The van der Waals surface area contributed by atoms with Crippen molar-refractivity contribution in [3.63, 3.8) is 0 Å². The summed E-state index contributed by atoms with van der Waals surface area (Å²) in [5.41, 5.74) is 5.12. The summed E-state index contributed by atoms with van der Waals surface area (Å²) >= 11 is 12.0. The molecule has 4 nitrogen and oxygen atoms in total. The topological polar surface area (TPSA) is 57.8 Å². The molecule has 0 atom stereocenters. The molecule has 1 N–H and O–H groups in total. The molecular weight excluding hydrogens is 405 g/mol. The van der Waals surface area contributed by atoms with Gasteiger partial charge in [0.25, 0.3) is 5.91 Å². The Morgan fingerprint density at radius 2 is 1.69 bits per heavy atom. The molecule has 2 aromatic carbocycles. The number of hydrogen-bond acceptors (Lipinski definition) is 2. The number of amides is 1. The summed E-state index contributed by atoms with van der Waals surface area (Å²) in [5.74, 6) is -0.478. The maximum atomic E-state index is 12.7. The van der Waals surface area contributed by atoms with E-state index >= 15 is 0 Å². The van der Waals surface area contributed by atoms with Gasteiger partial charge in [-0.25, -0.2) is 0 Å². The number of rotatable bonds is 4. The van der Waals surface area contributed by atoms with E-state index in [9.17, 15) is 10.1 Å². The van der Waals surface area contributed by atoms with E-state index in [1.165, 1.54) is 0 Å². The molecule has 0 saturated heterocycles. The molecule has 0 bridgehead atoms. The molecule has 0 spiro atoms. The molecule has 0 fully saturated rings. The lowest BCUT2D eigenvalue weighted by Gasteiger charge is -2.10. The fraction of sp³-hybridized carbons (Fsp3) is 0.130. The standard InChI is InChI=1S/C23H19Cl2N3O/c1-14-4-5-20(25)12-22(14)27-23(29)18(13-26)11-17-10-15(2)28(16(17)3)21-8-6-19(24)7-9-21/h4-12H,1-3H3,(H,27,29)/b18-11-. The number of nitriles is 1. The molecule has 3 aromatic rings. The highest BCUT2D eigenvalue weighted by atomic mass is 35.5. The van der Waals surface area contributed by atoms with Crippen molar-refractivity contribution in [1.82, 2.24) is 4.57 Å². The number of carbonyl (C=O) groups excluding carboxylic acids is 1. The van der Waals surface area contributed by atoms with Gasteiger partial charge in [0.1, 0.15) is 11.6 Å². The summed E-state index contributed by atoms with van der Waals surface area (Å²) in [7, 11) is 0. The summed E-state index contributed by atoms with van der Waals surface area (Å²) < 4.78 is 2.05. The highest BCUT2D eigenvalue weighted by Crippen LogP contribution is 2.25. The third kappa shape index (κ3) is 4.54. The maximum absolute atomic E-state index is 12.7. The number of halogens is 2. The van der Waals surface area contributed by atoms with Crippen molar-refractivity contribution < 1.29 is 4.79 Å². The van der Waals surface area contributed by atoms with E-state index in [2.05, 4.69) is 9.88 Å². The Morgan fingerprint density at radius 3 is 2.34 bits per heavy atom. The average Bonchev–Trinajstić information content (AvgIpc) is 2.96. The van der Waals surface area contributed by atoms with Crippen molar-refractivity contribution in [2.45, 2.75) is 20.8 Å². The van der Waals surface area contributed by atoms with Crippen molar-refractivity contribution in [2.24, 2.45) is 0 Å². The van der Waals surface area contributed by atoms with Gasteiger partial charge in [0, 0.05) is 32.8 Å². The SMILES string of the molecule is Cc1ccc(Cl)cc1NC(=O)/C(C#N)=C\c1cc(C)n(-c2ccc(Cl)cc2)c1C. The number of carbonyl (C=O) groups is 1. The second-order valence-corrected chi connectivity index (χ2v) is 7.59. The van der Waals surface area contributed by atoms with Gasteiger partial charge in [-0.3, -0.25) is 4.79 Å². The predicted octanol–water partition coefficient (Wildman–Crippen LogP) is 6.26. The molecule has 6 heteroatoms. The van der Waals surface area contributed by atoms with E-state index in [0.717, 1.165) is 28.2 Å². The molecule has 1 heterocycles. The summed E-state index contributed by atoms with van der Waals surface area (Å²) in [6.07, 6.45) is 1.60. The number of hydrogen-bond donors (Lipinski definition) is 1. The van der Waals surface area contributed by atoms with Gasteiger partial charge in [-0.05, 0) is 80.4 Å². The minimum Gasteiger partial charge on any atom is -0.321 e. The van der Waals surface area contributed by atoms with Crippen LogP contribution in [0.4, 0.5) is 5.69 Å². The Balaban J connectivity index is 1.94. The molecule has 0 aliphatic rings. The van der Waals surface area contributed by atoms with Crippen molar-refractivity contribution in [3.8, 4) is 11.8 Å². The zero-order valence-electron chi connectivity index (χ0n) is 16.3. The zero-order chi connectivity index (χ0) is 21.1. The van der Waals surface area contributed by atoms with Gasteiger partial charge in [-0.15, -0.1) is 0 Å². The van der Waals surface area contributed by atoms with Crippen LogP contribution in [0, 0.1) is 32.1 Å². The van der Waals surface area contributed by atoms with Crippen LogP contribution in [0.1, 0.15) is 22.5 Å². The van der Waals surface area contributed by atoms with Crippen molar-refractivity contribution in [2.75, 3.05) is 5.32 Å². The van der Waals surface area contributed by atoms with Crippen molar-refractivity contribution in [3.05, 3.63) is 86.7 Å². The molecule has 1 aromatic heterocycles. The van der Waals surface area contributed by atoms with Gasteiger partial charge in [0.2, 0.25) is 0 Å². The molecule has 1 amide bonds. The lowest BCUT2D eigenvalue weighted by atomic mass is 10.1. The van der Waals surface area contributed by atoms with Crippen LogP contribution in [0.3, 0.4) is 0 Å². The van der Waals surface area contributed by atoms with Crippen LogP contribution in [-0.4, -0.2) is 10.5 Å². The van der Waals surface area contributed by atoms with Gasteiger partial charge in [0.15, 0.2) is 0 Å². The number of aromatic nitrogens is 1. The van der Waals surface area contributed by atoms with E-state index in [-0.39, 0.29) is 5.57 Å². The van der Waals surface area contributed by atoms with Crippen LogP contribution < -0.4 is 5.32 Å². The summed E-state index contributed by atoms with van der Waals surface area (Å²) in [4.78, 5) is 12.7. The molecule has 0 unspecified atom stereocenters. The number of aryl methyl sites for hydroxylation is 2. The molecular formula is C23H19Cl2N3O. The number of nitrogens with one attached hydrogen (secondary N) is 1. The van der Waals surface area contributed by atoms with Crippen LogP contribution in [0.25, 0.3) is 11.8 Å². The first-order valence-corrected chi connectivity index (χ1v) is 9.70. The normalized spacial score (nSPS) is 11.2. The molecule has 146 valence electrons. The Kier molecular flexibility index (Phi) is 6.12. The number of nitrogens with zero attached hydrogens (tertiary/aromatic N) is 2. The average molecular weight is 424 g/mol. The summed E-state index contributed by atoms with van der Waals surface area (Å²) in [6, 6.07) is 16.7. The van der Waals surface area contributed by atoms with E-state index < -0.39 is 5.91 Å². The van der Waals surface area contributed by atoms with Gasteiger partial charge in [-0.2, -0.15) is 5.26 Å². The van der Waals surface area contributed by atoms with Crippen molar-refractivity contribution >= 4 is 40.9 Å². The van der Waals surface area contributed by atoms with Gasteiger partial charge in [-0.1, -0.05) is 29.3 Å². The van der Waals surface area contributed by atoms with Gasteiger partial charge in [0.05, 0.1) is 0 Å². The Labute approximate surface area is 180 Å². The monoisotopic (exact) mass is 423 g/mol. The first-order valence-electron chi connectivity index (χ1n) is 8.94. The van der Waals surface area contributed by atoms with E-state index in [0.29, 0.717) is 15.7 Å². The Morgan fingerprint density at radius 1 is 1.03 bits per heavy atom. The minimum absolute atomic E-state index is 0.0146. The number of benzene rings is 2. The molecule has 0 aliphatic carbocycles. The van der Waals surface area contributed by atoms with Gasteiger partial charge < -0.3 is 9.88 Å². The van der Waals surface area contributed by atoms with Crippen LogP contribution >= 0.6 is 23.2 Å². The minimum atomic E-state index is -0.478. The Bertz CT molecular complexity index is 1150. The van der Waals surface area contributed by atoms with E-state index in [1.54, 1.807) is 18.2 Å². The Hall–Kier alpha value is -3.00. The second kappa shape index (κ2) is 8.57. The summed E-state index contributed by atoms with van der Waals surface area (Å²) in [5, 5.41) is 13.5. The predicted molar refractivity (Wildman–Crippen MR) is 119 cm³/mol. The highest BCUT2D eigenvalue weighted by molar-refractivity contribution is 6.31. The van der Waals surface area contributed by atoms with Crippen LogP contribution in [-0.2, 0) is 4.79 Å². The summed E-state index contributed by atoms with van der Waals surface area (Å²) in [6.45, 7) is 5.78. The lowest BCUT2D eigenvalue weighted by Crippen LogP contribution is -2.14. The maximum Gasteiger partial charge on any atom is 0.266 e. The van der Waals surface area contributed by atoms with E-state index in [1.807, 2.05) is 63.2 Å². The van der Waals surface area contributed by atoms with Crippen LogP contribution in [0.5, 0.6) is 0 Å². The molecule has 0 saturated carbocycles. The highest BCUT2D eigenvalue weighted by Gasteiger charge is 2.15.